The van der Waals surface area contributed by atoms with E-state index in [1.807, 2.05) is 0 Å². The van der Waals surface area contributed by atoms with Gasteiger partial charge in [-0.3, -0.25) is 4.79 Å². The van der Waals surface area contributed by atoms with Gasteiger partial charge >= 0.3 is 0 Å². The lowest BCUT2D eigenvalue weighted by Crippen LogP contribution is -2.34. The molecule has 0 spiro atoms. The highest BCUT2D eigenvalue weighted by atomic mass is 19.1. The molecule has 1 saturated heterocycles. The van der Waals surface area contributed by atoms with Crippen molar-refractivity contribution in [3.05, 3.63) is 23.6 Å². The van der Waals surface area contributed by atoms with Crippen LogP contribution in [0.25, 0.3) is 0 Å². The molecule has 0 aromatic heterocycles. The Hall–Kier alpha value is -0.960. The molecule has 0 unspecified atom stereocenters. The van der Waals surface area contributed by atoms with Gasteiger partial charge in [0.15, 0.2) is 5.78 Å². The number of piperidine rings is 1. The summed E-state index contributed by atoms with van der Waals surface area (Å²) >= 11 is 0. The lowest BCUT2D eigenvalue weighted by Gasteiger charge is -2.28. The van der Waals surface area contributed by atoms with Crippen molar-refractivity contribution in [2.75, 3.05) is 20.1 Å². The molecule has 0 saturated carbocycles. The maximum Gasteiger partial charge on any atom is 0.162 e. The highest BCUT2D eigenvalue weighted by Gasteiger charge is 2.26. The molecule has 3 heteroatoms. The predicted molar refractivity (Wildman–Crippen MR) is 61.7 cm³/mol. The fourth-order valence-corrected chi connectivity index (χ4v) is 2.35. The van der Waals surface area contributed by atoms with Crippen molar-refractivity contribution in [2.45, 2.75) is 25.7 Å². The van der Waals surface area contributed by atoms with E-state index in [9.17, 15) is 9.18 Å². The van der Waals surface area contributed by atoms with Gasteiger partial charge in [-0.25, -0.2) is 4.39 Å². The molecule has 88 valence electrons. The minimum absolute atomic E-state index is 0.111. The molecule has 0 atom stereocenters. The fourth-order valence-electron chi connectivity index (χ4n) is 2.35. The monoisotopic (exact) mass is 223 g/mol. The van der Waals surface area contributed by atoms with Crippen molar-refractivity contribution < 1.29 is 9.18 Å². The van der Waals surface area contributed by atoms with Gasteiger partial charge in [0, 0.05) is 12.3 Å². The first kappa shape index (κ1) is 11.5. The number of ketones is 1. The Labute approximate surface area is 95.8 Å². The van der Waals surface area contributed by atoms with E-state index in [4.69, 9.17) is 0 Å². The molecular formula is C13H18FNO. The summed E-state index contributed by atoms with van der Waals surface area (Å²) in [5.74, 6) is 0.300. The maximum absolute atomic E-state index is 12.8. The minimum atomic E-state index is -0.111. The van der Waals surface area contributed by atoms with Gasteiger partial charge in [0.05, 0.1) is 0 Å². The number of carbonyl (C=O) groups excluding carboxylic acids is 1. The molecule has 0 bridgehead atoms. The molecule has 1 heterocycles. The average Bonchev–Trinajstić information content (AvgIpc) is 2.30. The molecule has 0 amide bonds. The Bertz CT molecular complexity index is 338. The van der Waals surface area contributed by atoms with Gasteiger partial charge in [0.2, 0.25) is 0 Å². The van der Waals surface area contributed by atoms with Crippen LogP contribution in [0.3, 0.4) is 0 Å². The molecule has 16 heavy (non-hydrogen) atoms. The van der Waals surface area contributed by atoms with Crippen molar-refractivity contribution in [3.8, 4) is 0 Å². The Kier molecular flexibility index (Phi) is 3.54. The average molecular weight is 223 g/mol. The number of halogens is 1. The van der Waals surface area contributed by atoms with Crippen molar-refractivity contribution in [1.29, 1.82) is 0 Å². The number of hydrogen-bond donors (Lipinski definition) is 0. The van der Waals surface area contributed by atoms with Crippen LogP contribution in [0.15, 0.2) is 23.6 Å². The summed E-state index contributed by atoms with van der Waals surface area (Å²) in [5, 5.41) is 0. The second kappa shape index (κ2) is 4.91. The zero-order chi connectivity index (χ0) is 11.5. The molecule has 2 nitrogen and oxygen atoms in total. The van der Waals surface area contributed by atoms with E-state index >= 15 is 0 Å². The second-order valence-electron chi connectivity index (χ2n) is 4.75. The highest BCUT2D eigenvalue weighted by Crippen LogP contribution is 2.26. The van der Waals surface area contributed by atoms with Crippen molar-refractivity contribution in [2.24, 2.45) is 5.92 Å². The van der Waals surface area contributed by atoms with Gasteiger partial charge in [0.1, 0.15) is 5.83 Å². The summed E-state index contributed by atoms with van der Waals surface area (Å²) in [6, 6.07) is 0. The Morgan fingerprint density at radius 3 is 2.56 bits per heavy atom. The number of rotatable bonds is 2. The third kappa shape index (κ3) is 2.59. The van der Waals surface area contributed by atoms with Crippen LogP contribution in [0.2, 0.25) is 0 Å². The van der Waals surface area contributed by atoms with E-state index < -0.39 is 0 Å². The first-order chi connectivity index (χ1) is 7.66. The maximum atomic E-state index is 12.8. The highest BCUT2D eigenvalue weighted by molar-refractivity contribution is 5.97. The van der Waals surface area contributed by atoms with Gasteiger partial charge < -0.3 is 4.90 Å². The molecule has 1 fully saturated rings. The number of nitrogens with zero attached hydrogens (tertiary/aromatic N) is 1. The molecule has 0 aromatic rings. The van der Waals surface area contributed by atoms with Crippen molar-refractivity contribution >= 4 is 5.78 Å². The number of likely N-dealkylation sites (tertiary alicyclic amines) is 1. The predicted octanol–water partition coefficient (Wildman–Crippen LogP) is 2.47. The Morgan fingerprint density at radius 1 is 1.31 bits per heavy atom. The van der Waals surface area contributed by atoms with E-state index in [-0.39, 0.29) is 17.5 Å². The van der Waals surface area contributed by atoms with Gasteiger partial charge in [-0.2, -0.15) is 0 Å². The zero-order valence-electron chi connectivity index (χ0n) is 9.71. The quantitative estimate of drug-likeness (QED) is 0.716. The van der Waals surface area contributed by atoms with Crippen LogP contribution in [0.1, 0.15) is 25.7 Å². The summed E-state index contributed by atoms with van der Waals surface area (Å²) in [6.07, 6.45) is 5.96. The SMILES string of the molecule is CN1CCC(C(=O)C2=CC=C(F)CC2)CC1. The van der Waals surface area contributed by atoms with Gasteiger partial charge in [-0.15, -0.1) is 0 Å². The molecular weight excluding hydrogens is 205 g/mol. The van der Waals surface area contributed by atoms with Crippen LogP contribution in [0, 0.1) is 5.92 Å². The first-order valence-corrected chi connectivity index (χ1v) is 5.95. The largest absolute Gasteiger partial charge is 0.306 e. The molecule has 2 rings (SSSR count). The molecule has 1 aliphatic heterocycles. The number of carbonyl (C=O) groups is 1. The van der Waals surface area contributed by atoms with Crippen molar-refractivity contribution in [1.82, 2.24) is 4.90 Å². The van der Waals surface area contributed by atoms with Crippen molar-refractivity contribution in [3.63, 3.8) is 0 Å². The third-order valence-electron chi connectivity index (χ3n) is 3.50. The van der Waals surface area contributed by atoms with Gasteiger partial charge in [-0.05, 0) is 51.0 Å². The molecule has 0 aromatic carbocycles. The molecule has 1 aliphatic carbocycles. The minimum Gasteiger partial charge on any atom is -0.306 e. The molecule has 0 N–H and O–H groups in total. The van der Waals surface area contributed by atoms with Gasteiger partial charge in [-0.1, -0.05) is 6.08 Å². The molecule has 2 aliphatic rings. The van der Waals surface area contributed by atoms with E-state index in [0.29, 0.717) is 12.8 Å². The van der Waals surface area contributed by atoms with Crippen LogP contribution in [0.5, 0.6) is 0 Å². The summed E-state index contributed by atoms with van der Waals surface area (Å²) < 4.78 is 12.8. The number of hydrogen-bond acceptors (Lipinski definition) is 2. The van der Waals surface area contributed by atoms with Crippen LogP contribution >= 0.6 is 0 Å². The summed E-state index contributed by atoms with van der Waals surface area (Å²) in [4.78, 5) is 14.4. The lowest BCUT2D eigenvalue weighted by molar-refractivity contribution is -0.120. The number of Topliss-reactive ketones (excluding diaryl/α,β-unsaturated/α-hetero) is 1. The zero-order valence-corrected chi connectivity index (χ0v) is 9.71. The van der Waals surface area contributed by atoms with E-state index in [0.717, 1.165) is 31.5 Å². The fraction of sp³-hybridized carbons (Fsp3) is 0.615. The van der Waals surface area contributed by atoms with Crippen LogP contribution < -0.4 is 0 Å². The topological polar surface area (TPSA) is 20.3 Å². The Morgan fingerprint density at radius 2 is 2.00 bits per heavy atom. The summed E-state index contributed by atoms with van der Waals surface area (Å²) in [5.41, 5.74) is 0.816. The normalized spacial score (nSPS) is 23.9. The Balaban J connectivity index is 1.98. The number of allylic oxidation sites excluding steroid dienone is 4. The van der Waals surface area contributed by atoms with E-state index in [2.05, 4.69) is 11.9 Å². The first-order valence-electron chi connectivity index (χ1n) is 5.95. The van der Waals surface area contributed by atoms with Gasteiger partial charge in [0.25, 0.3) is 0 Å². The summed E-state index contributed by atoms with van der Waals surface area (Å²) in [6.45, 7) is 1.99. The standard InChI is InChI=1S/C13H18FNO/c1-15-8-6-11(7-9-15)13(16)10-2-4-12(14)5-3-10/h2,4,11H,3,5-9H2,1H3. The molecule has 0 radical (unpaired) electrons. The van der Waals surface area contributed by atoms with Crippen LogP contribution in [0.4, 0.5) is 4.39 Å². The van der Waals surface area contributed by atoms with Crippen LogP contribution in [-0.2, 0) is 4.79 Å². The second-order valence-corrected chi connectivity index (χ2v) is 4.75. The smallest absolute Gasteiger partial charge is 0.162 e. The lowest BCUT2D eigenvalue weighted by atomic mass is 9.86. The van der Waals surface area contributed by atoms with E-state index in [1.165, 1.54) is 6.08 Å². The van der Waals surface area contributed by atoms with Crippen LogP contribution in [-0.4, -0.2) is 30.8 Å². The van der Waals surface area contributed by atoms with E-state index in [1.54, 1.807) is 6.08 Å². The third-order valence-corrected chi connectivity index (χ3v) is 3.50. The summed E-state index contributed by atoms with van der Waals surface area (Å²) in [7, 11) is 2.08.